The summed E-state index contributed by atoms with van der Waals surface area (Å²) in [6, 6.07) is 20.6. The predicted molar refractivity (Wildman–Crippen MR) is 102 cm³/mol. The summed E-state index contributed by atoms with van der Waals surface area (Å²) in [5.41, 5.74) is 2.35. The van der Waals surface area contributed by atoms with Gasteiger partial charge in [-0.2, -0.15) is 0 Å². The van der Waals surface area contributed by atoms with Gasteiger partial charge in [0, 0.05) is 6.54 Å². The fraction of sp³-hybridized carbons (Fsp3) is 0.409. The lowest BCUT2D eigenvalue weighted by molar-refractivity contribution is -0.120. The van der Waals surface area contributed by atoms with Crippen molar-refractivity contribution in [2.75, 3.05) is 13.1 Å². The summed E-state index contributed by atoms with van der Waals surface area (Å²) >= 11 is 0. The van der Waals surface area contributed by atoms with Crippen molar-refractivity contribution in [3.05, 3.63) is 71.8 Å². The van der Waals surface area contributed by atoms with Gasteiger partial charge in [-0.05, 0) is 29.9 Å². The summed E-state index contributed by atoms with van der Waals surface area (Å²) < 4.78 is 0. The first kappa shape index (κ1) is 17.7. The molecule has 0 heterocycles. The Kier molecular flexibility index (Phi) is 6.63. The number of rotatable bonds is 7. The van der Waals surface area contributed by atoms with Crippen LogP contribution in [-0.2, 0) is 4.79 Å². The Hall–Kier alpha value is -2.13. The minimum atomic E-state index is 0.0304. The molecule has 0 bridgehead atoms. The van der Waals surface area contributed by atoms with Crippen LogP contribution < -0.4 is 10.6 Å². The van der Waals surface area contributed by atoms with Crippen LogP contribution in [0.4, 0.5) is 0 Å². The minimum absolute atomic E-state index is 0.0304. The van der Waals surface area contributed by atoms with E-state index in [1.54, 1.807) is 0 Å². The first-order valence-electron chi connectivity index (χ1n) is 9.43. The minimum Gasteiger partial charge on any atom is -0.355 e. The maximum Gasteiger partial charge on any atom is 0.233 e. The number of hydrogen-bond donors (Lipinski definition) is 2. The van der Waals surface area contributed by atoms with Gasteiger partial charge in [-0.25, -0.2) is 0 Å². The molecule has 2 N–H and O–H groups in total. The van der Waals surface area contributed by atoms with Gasteiger partial charge in [0.2, 0.25) is 5.91 Å². The predicted octanol–water partition coefficient (Wildman–Crippen LogP) is 4.06. The molecule has 1 aliphatic carbocycles. The van der Waals surface area contributed by atoms with Gasteiger partial charge in [0.1, 0.15) is 0 Å². The van der Waals surface area contributed by atoms with E-state index in [-0.39, 0.29) is 11.9 Å². The summed E-state index contributed by atoms with van der Waals surface area (Å²) in [6.07, 6.45) is 6.47. The van der Waals surface area contributed by atoms with Gasteiger partial charge in [-0.1, -0.05) is 79.9 Å². The number of amides is 1. The van der Waals surface area contributed by atoms with Crippen molar-refractivity contribution in [2.45, 2.75) is 38.1 Å². The van der Waals surface area contributed by atoms with Crippen LogP contribution in [0.25, 0.3) is 0 Å². The standard InChI is InChI=1S/C22H28N2O/c25-21(23-16-18-10-4-1-5-11-18)17-24-22(19-12-6-2-7-13-19)20-14-8-3-9-15-20/h2-3,6-9,12-15,18,22,24H,1,4-5,10-11,16-17H2,(H,23,25). The van der Waals surface area contributed by atoms with Gasteiger partial charge in [0.05, 0.1) is 12.6 Å². The average molecular weight is 336 g/mol. The van der Waals surface area contributed by atoms with E-state index in [1.165, 1.54) is 43.2 Å². The monoisotopic (exact) mass is 336 g/mol. The summed E-state index contributed by atoms with van der Waals surface area (Å²) in [7, 11) is 0. The lowest BCUT2D eigenvalue weighted by Gasteiger charge is -2.23. The van der Waals surface area contributed by atoms with E-state index in [2.05, 4.69) is 34.9 Å². The van der Waals surface area contributed by atoms with E-state index in [9.17, 15) is 4.79 Å². The molecule has 1 fully saturated rings. The Morgan fingerprint density at radius 3 is 2.00 bits per heavy atom. The molecule has 3 nitrogen and oxygen atoms in total. The van der Waals surface area contributed by atoms with Crippen molar-refractivity contribution in [3.63, 3.8) is 0 Å². The summed E-state index contributed by atoms with van der Waals surface area (Å²) in [4.78, 5) is 12.3. The van der Waals surface area contributed by atoms with Crippen molar-refractivity contribution in [1.29, 1.82) is 0 Å². The van der Waals surface area contributed by atoms with Gasteiger partial charge in [-0.15, -0.1) is 0 Å². The molecule has 0 atom stereocenters. The average Bonchev–Trinajstić information content (AvgIpc) is 2.69. The quantitative estimate of drug-likeness (QED) is 0.800. The molecule has 0 aromatic heterocycles. The molecule has 0 unspecified atom stereocenters. The third-order valence-electron chi connectivity index (χ3n) is 5.05. The Balaban J connectivity index is 1.56. The molecule has 0 spiro atoms. The van der Waals surface area contributed by atoms with Crippen LogP contribution in [0.15, 0.2) is 60.7 Å². The van der Waals surface area contributed by atoms with Crippen molar-refractivity contribution >= 4 is 5.91 Å². The molecule has 1 aliphatic rings. The van der Waals surface area contributed by atoms with E-state index in [4.69, 9.17) is 0 Å². The highest BCUT2D eigenvalue weighted by molar-refractivity contribution is 5.78. The summed E-state index contributed by atoms with van der Waals surface area (Å²) in [5.74, 6) is 0.749. The SMILES string of the molecule is O=C(CNC(c1ccccc1)c1ccccc1)NCC1CCCCC1. The fourth-order valence-corrected chi connectivity index (χ4v) is 3.63. The largest absolute Gasteiger partial charge is 0.355 e. The molecular weight excluding hydrogens is 308 g/mol. The first-order valence-corrected chi connectivity index (χ1v) is 9.43. The van der Waals surface area contributed by atoms with Crippen LogP contribution in [0.5, 0.6) is 0 Å². The molecule has 1 saturated carbocycles. The van der Waals surface area contributed by atoms with Crippen LogP contribution in [0.2, 0.25) is 0 Å². The lowest BCUT2D eigenvalue weighted by Crippen LogP contribution is -2.38. The van der Waals surface area contributed by atoms with Crippen LogP contribution >= 0.6 is 0 Å². The second kappa shape index (κ2) is 9.38. The van der Waals surface area contributed by atoms with E-state index >= 15 is 0 Å². The maximum absolute atomic E-state index is 12.3. The molecular formula is C22H28N2O. The Labute approximate surface area is 150 Å². The molecule has 3 rings (SSSR count). The van der Waals surface area contributed by atoms with Gasteiger partial charge in [0.15, 0.2) is 0 Å². The molecule has 1 amide bonds. The Bertz CT molecular complexity index is 596. The highest BCUT2D eigenvalue weighted by Crippen LogP contribution is 2.23. The topological polar surface area (TPSA) is 41.1 Å². The van der Waals surface area contributed by atoms with Gasteiger partial charge >= 0.3 is 0 Å². The zero-order chi connectivity index (χ0) is 17.3. The summed E-state index contributed by atoms with van der Waals surface area (Å²) in [5, 5.41) is 6.54. The van der Waals surface area contributed by atoms with E-state index in [0.29, 0.717) is 12.5 Å². The number of nitrogens with one attached hydrogen (secondary N) is 2. The van der Waals surface area contributed by atoms with Crippen molar-refractivity contribution < 1.29 is 4.79 Å². The first-order chi connectivity index (χ1) is 12.3. The summed E-state index contributed by atoms with van der Waals surface area (Å²) in [6.45, 7) is 1.16. The van der Waals surface area contributed by atoms with Crippen LogP contribution in [0.3, 0.4) is 0 Å². The molecule has 132 valence electrons. The second-order valence-corrected chi connectivity index (χ2v) is 6.94. The zero-order valence-electron chi connectivity index (χ0n) is 14.8. The van der Waals surface area contributed by atoms with Crippen molar-refractivity contribution in [3.8, 4) is 0 Å². The highest BCUT2D eigenvalue weighted by Gasteiger charge is 2.16. The Morgan fingerprint density at radius 1 is 0.880 bits per heavy atom. The smallest absolute Gasteiger partial charge is 0.233 e. The molecule has 3 heteroatoms. The third-order valence-corrected chi connectivity index (χ3v) is 5.05. The van der Waals surface area contributed by atoms with E-state index < -0.39 is 0 Å². The van der Waals surface area contributed by atoms with Gasteiger partial charge in [0.25, 0.3) is 0 Å². The van der Waals surface area contributed by atoms with Crippen LogP contribution in [-0.4, -0.2) is 19.0 Å². The van der Waals surface area contributed by atoms with Crippen LogP contribution in [0, 0.1) is 5.92 Å². The molecule has 0 saturated heterocycles. The second-order valence-electron chi connectivity index (χ2n) is 6.94. The molecule has 2 aromatic rings. The normalized spacial score (nSPS) is 15.2. The highest BCUT2D eigenvalue weighted by atomic mass is 16.1. The molecule has 2 aromatic carbocycles. The van der Waals surface area contributed by atoms with Gasteiger partial charge in [-0.3, -0.25) is 10.1 Å². The zero-order valence-corrected chi connectivity index (χ0v) is 14.8. The molecule has 25 heavy (non-hydrogen) atoms. The number of hydrogen-bond acceptors (Lipinski definition) is 2. The van der Waals surface area contributed by atoms with Crippen molar-refractivity contribution in [1.82, 2.24) is 10.6 Å². The van der Waals surface area contributed by atoms with Gasteiger partial charge < -0.3 is 5.32 Å². The fourth-order valence-electron chi connectivity index (χ4n) is 3.63. The number of benzene rings is 2. The number of carbonyl (C=O) groups excluding carboxylic acids is 1. The lowest BCUT2D eigenvalue weighted by atomic mass is 9.89. The van der Waals surface area contributed by atoms with Crippen LogP contribution in [0.1, 0.15) is 49.3 Å². The Morgan fingerprint density at radius 2 is 1.44 bits per heavy atom. The molecule has 0 radical (unpaired) electrons. The number of carbonyl (C=O) groups is 1. The van der Waals surface area contributed by atoms with E-state index in [0.717, 1.165) is 6.54 Å². The third kappa shape index (κ3) is 5.43. The molecule has 0 aliphatic heterocycles. The van der Waals surface area contributed by atoms with E-state index in [1.807, 2.05) is 36.4 Å². The van der Waals surface area contributed by atoms with Crippen molar-refractivity contribution in [2.24, 2.45) is 5.92 Å². The maximum atomic E-state index is 12.3.